The Bertz CT molecular complexity index is 1960. The van der Waals surface area contributed by atoms with E-state index in [2.05, 4.69) is 16.1 Å². The van der Waals surface area contributed by atoms with Gasteiger partial charge in [0, 0.05) is 53.3 Å². The first-order valence-corrected chi connectivity index (χ1v) is 14.5. The molecule has 5 N–H and O–H groups in total. The summed E-state index contributed by atoms with van der Waals surface area (Å²) in [6.45, 7) is 4.51. The van der Waals surface area contributed by atoms with Gasteiger partial charge in [0.2, 0.25) is 0 Å². The molecule has 0 saturated carbocycles. The SMILES string of the molecule is CCn1cc(Cc2ccc(C(=O)NCc3ccc(C(C)=O)cc3)cc2-c2ccc(OC)cc2C(=O)O)c2ccc(C(=N)N)cc21. The van der Waals surface area contributed by atoms with E-state index in [-0.39, 0.29) is 29.6 Å². The van der Waals surface area contributed by atoms with Crippen molar-refractivity contribution in [1.82, 2.24) is 9.88 Å². The number of rotatable bonds is 11. The molecule has 0 fully saturated rings. The number of carbonyl (C=O) groups excluding carboxylic acids is 2. The minimum Gasteiger partial charge on any atom is -0.497 e. The summed E-state index contributed by atoms with van der Waals surface area (Å²) >= 11 is 0. The van der Waals surface area contributed by atoms with Gasteiger partial charge in [-0.05, 0) is 78.1 Å². The second kappa shape index (κ2) is 12.9. The van der Waals surface area contributed by atoms with Gasteiger partial charge in [0.05, 0.1) is 12.7 Å². The summed E-state index contributed by atoms with van der Waals surface area (Å²) in [5, 5.41) is 21.9. The molecule has 5 rings (SSSR count). The minimum absolute atomic E-state index is 0.00719. The minimum atomic E-state index is -1.11. The molecule has 9 heteroatoms. The molecule has 1 heterocycles. The number of nitrogens with one attached hydrogen (secondary N) is 2. The zero-order valence-corrected chi connectivity index (χ0v) is 25.3. The summed E-state index contributed by atoms with van der Waals surface area (Å²) in [5.41, 5.74) is 12.1. The Morgan fingerprint density at radius 3 is 2.24 bits per heavy atom. The highest BCUT2D eigenvalue weighted by Crippen LogP contribution is 2.34. The average molecular weight is 603 g/mol. The van der Waals surface area contributed by atoms with Crippen LogP contribution in [0.25, 0.3) is 22.0 Å². The van der Waals surface area contributed by atoms with Crippen molar-refractivity contribution in [3.8, 4) is 16.9 Å². The number of aromatic nitrogens is 1. The molecule has 0 aliphatic heterocycles. The number of ether oxygens (including phenoxy) is 1. The molecule has 0 aliphatic rings. The number of Topliss-reactive ketones (excluding diaryl/α,β-unsaturated/α-hetero) is 1. The Hall–Kier alpha value is -5.70. The fraction of sp³-hybridized carbons (Fsp3) is 0.167. The van der Waals surface area contributed by atoms with E-state index in [9.17, 15) is 19.5 Å². The average Bonchev–Trinajstić information content (AvgIpc) is 3.40. The van der Waals surface area contributed by atoms with Gasteiger partial charge in [0.25, 0.3) is 5.91 Å². The first kappa shape index (κ1) is 30.7. The summed E-state index contributed by atoms with van der Waals surface area (Å²) in [7, 11) is 1.48. The fourth-order valence-corrected chi connectivity index (χ4v) is 5.47. The number of nitrogens with two attached hydrogens (primary N) is 1. The summed E-state index contributed by atoms with van der Waals surface area (Å²) in [5.74, 6) is -1.05. The second-order valence-corrected chi connectivity index (χ2v) is 10.8. The van der Waals surface area contributed by atoms with Gasteiger partial charge >= 0.3 is 5.97 Å². The zero-order valence-electron chi connectivity index (χ0n) is 25.3. The molecule has 0 aliphatic carbocycles. The van der Waals surface area contributed by atoms with Crippen LogP contribution in [0.2, 0.25) is 0 Å². The van der Waals surface area contributed by atoms with E-state index in [0.29, 0.717) is 46.5 Å². The molecule has 9 nitrogen and oxygen atoms in total. The zero-order chi connectivity index (χ0) is 32.2. The number of methoxy groups -OCH3 is 1. The Balaban J connectivity index is 1.55. The van der Waals surface area contributed by atoms with Crippen LogP contribution in [0.1, 0.15) is 67.2 Å². The van der Waals surface area contributed by atoms with Gasteiger partial charge in [-0.1, -0.05) is 42.5 Å². The van der Waals surface area contributed by atoms with Crippen LogP contribution in [0.4, 0.5) is 0 Å². The fourth-order valence-electron chi connectivity index (χ4n) is 5.47. The molecule has 45 heavy (non-hydrogen) atoms. The first-order chi connectivity index (χ1) is 21.6. The van der Waals surface area contributed by atoms with Crippen molar-refractivity contribution in [2.24, 2.45) is 5.73 Å². The molecular weight excluding hydrogens is 568 g/mol. The van der Waals surface area contributed by atoms with Gasteiger partial charge in [0.15, 0.2) is 5.78 Å². The third kappa shape index (κ3) is 6.47. The van der Waals surface area contributed by atoms with Crippen LogP contribution in [0.5, 0.6) is 5.75 Å². The number of nitrogens with zero attached hydrogens (tertiary/aromatic N) is 1. The number of amides is 1. The van der Waals surface area contributed by atoms with E-state index in [1.807, 2.05) is 31.2 Å². The number of carbonyl (C=O) groups is 3. The standard InChI is InChI=1S/C36H34N4O5/c1-4-40-20-27(29-13-11-25(34(37)38)17-33(29)40)15-24-9-10-26(35(42)39-19-22-5-7-23(8-6-22)21(2)41)16-31(24)30-14-12-28(45-3)18-32(30)36(43)44/h5-14,16-18,20H,4,15,19H2,1-3H3,(H3,37,38)(H,39,42)(H,43,44). The van der Waals surface area contributed by atoms with Crippen LogP contribution in [-0.4, -0.2) is 40.3 Å². The van der Waals surface area contributed by atoms with Crippen LogP contribution in [0.15, 0.2) is 85.1 Å². The van der Waals surface area contributed by atoms with Crippen LogP contribution in [-0.2, 0) is 19.5 Å². The summed E-state index contributed by atoms with van der Waals surface area (Å²) in [4.78, 5) is 37.3. The summed E-state index contributed by atoms with van der Waals surface area (Å²) in [6.07, 6.45) is 2.52. The Labute approximate surface area is 260 Å². The number of benzene rings is 4. The number of aryl methyl sites for hydroxylation is 1. The van der Waals surface area contributed by atoms with Crippen molar-refractivity contribution in [2.75, 3.05) is 7.11 Å². The largest absolute Gasteiger partial charge is 0.497 e. The van der Waals surface area contributed by atoms with Crippen LogP contribution >= 0.6 is 0 Å². The van der Waals surface area contributed by atoms with E-state index < -0.39 is 5.97 Å². The number of hydrogen-bond acceptors (Lipinski definition) is 5. The molecule has 0 saturated heterocycles. The number of fused-ring (bicyclic) bond motifs is 1. The third-order valence-corrected chi connectivity index (χ3v) is 7.93. The predicted molar refractivity (Wildman–Crippen MR) is 174 cm³/mol. The lowest BCUT2D eigenvalue weighted by Crippen LogP contribution is -2.23. The first-order valence-electron chi connectivity index (χ1n) is 14.5. The van der Waals surface area contributed by atoms with Crippen molar-refractivity contribution >= 4 is 34.4 Å². The van der Waals surface area contributed by atoms with Crippen molar-refractivity contribution < 1.29 is 24.2 Å². The van der Waals surface area contributed by atoms with Crippen molar-refractivity contribution in [1.29, 1.82) is 5.41 Å². The van der Waals surface area contributed by atoms with Gasteiger partial charge in [0.1, 0.15) is 11.6 Å². The third-order valence-electron chi connectivity index (χ3n) is 7.93. The lowest BCUT2D eigenvalue weighted by Gasteiger charge is -2.15. The van der Waals surface area contributed by atoms with Gasteiger partial charge in [-0.15, -0.1) is 0 Å². The van der Waals surface area contributed by atoms with E-state index in [4.69, 9.17) is 15.9 Å². The lowest BCUT2D eigenvalue weighted by atomic mass is 9.90. The Morgan fingerprint density at radius 1 is 0.889 bits per heavy atom. The molecular formula is C36H34N4O5. The Morgan fingerprint density at radius 2 is 1.60 bits per heavy atom. The number of hydrogen-bond donors (Lipinski definition) is 4. The molecule has 0 radical (unpaired) electrons. The van der Waals surface area contributed by atoms with Crippen LogP contribution < -0.4 is 15.8 Å². The monoisotopic (exact) mass is 602 g/mol. The van der Waals surface area contributed by atoms with Crippen molar-refractivity contribution in [2.45, 2.75) is 33.4 Å². The van der Waals surface area contributed by atoms with E-state index in [1.165, 1.54) is 20.1 Å². The molecule has 1 amide bonds. The lowest BCUT2D eigenvalue weighted by molar-refractivity contribution is 0.0696. The number of amidine groups is 1. The van der Waals surface area contributed by atoms with E-state index in [0.717, 1.165) is 27.6 Å². The highest BCUT2D eigenvalue weighted by atomic mass is 16.5. The number of ketones is 1. The van der Waals surface area contributed by atoms with E-state index in [1.54, 1.807) is 48.5 Å². The van der Waals surface area contributed by atoms with Gasteiger partial charge in [-0.3, -0.25) is 15.0 Å². The quantitative estimate of drug-likeness (QED) is 0.0823. The number of nitrogen functional groups attached to an aromatic ring is 1. The maximum atomic E-state index is 13.3. The molecule has 5 aromatic rings. The molecule has 0 bridgehead atoms. The smallest absolute Gasteiger partial charge is 0.336 e. The van der Waals surface area contributed by atoms with Gasteiger partial charge < -0.3 is 25.5 Å². The maximum absolute atomic E-state index is 13.3. The van der Waals surface area contributed by atoms with E-state index >= 15 is 0 Å². The highest BCUT2D eigenvalue weighted by molar-refractivity contribution is 6.01. The van der Waals surface area contributed by atoms with Gasteiger partial charge in [-0.2, -0.15) is 0 Å². The predicted octanol–water partition coefficient (Wildman–Crippen LogP) is 6.04. The summed E-state index contributed by atoms with van der Waals surface area (Å²) in [6, 6.07) is 22.9. The van der Waals surface area contributed by atoms with Crippen molar-refractivity contribution in [3.63, 3.8) is 0 Å². The molecule has 0 atom stereocenters. The second-order valence-electron chi connectivity index (χ2n) is 10.8. The normalized spacial score (nSPS) is 10.9. The molecule has 1 aromatic heterocycles. The maximum Gasteiger partial charge on any atom is 0.336 e. The number of aromatic carboxylic acids is 1. The van der Waals surface area contributed by atoms with Crippen molar-refractivity contribution in [3.05, 3.63) is 124 Å². The molecule has 4 aromatic carbocycles. The highest BCUT2D eigenvalue weighted by Gasteiger charge is 2.20. The topological polar surface area (TPSA) is 148 Å². The molecule has 0 unspecified atom stereocenters. The van der Waals surface area contributed by atoms with Crippen LogP contribution in [0.3, 0.4) is 0 Å². The Kier molecular flexibility index (Phi) is 8.81. The molecule has 228 valence electrons. The summed E-state index contributed by atoms with van der Waals surface area (Å²) < 4.78 is 7.39. The number of carboxylic acid groups (broad SMARTS) is 1. The van der Waals surface area contributed by atoms with Crippen LogP contribution in [0, 0.1) is 5.41 Å². The molecule has 0 spiro atoms. The number of carboxylic acids is 1. The van der Waals surface area contributed by atoms with Gasteiger partial charge in [-0.25, -0.2) is 4.79 Å².